The zero-order valence-corrected chi connectivity index (χ0v) is 10.9. The molecular formula is C11H22N6O. The van der Waals surface area contributed by atoms with Gasteiger partial charge in [0, 0.05) is 19.2 Å². The maximum absolute atomic E-state index is 8.84. The van der Waals surface area contributed by atoms with Gasteiger partial charge in [0.05, 0.1) is 0 Å². The lowest BCUT2D eigenvalue weighted by Gasteiger charge is -2.25. The summed E-state index contributed by atoms with van der Waals surface area (Å²) in [7, 11) is 0. The van der Waals surface area contributed by atoms with Crippen molar-refractivity contribution in [3.05, 3.63) is 6.07 Å². The van der Waals surface area contributed by atoms with Crippen LogP contribution in [0.5, 0.6) is 0 Å². The van der Waals surface area contributed by atoms with Crippen LogP contribution >= 0.6 is 0 Å². The molecular weight excluding hydrogens is 232 g/mol. The third-order valence-electron chi connectivity index (χ3n) is 2.65. The molecule has 1 heterocycles. The number of hydrazine groups is 1. The molecule has 0 unspecified atom stereocenters. The highest BCUT2D eigenvalue weighted by molar-refractivity contribution is 5.50. The molecule has 0 saturated carbocycles. The Balaban J connectivity index is 2.59. The molecule has 18 heavy (non-hydrogen) atoms. The Hall–Kier alpha value is -1.60. The average molecular weight is 254 g/mol. The number of aliphatic hydroxyl groups excluding tert-OH is 1. The number of rotatable bonds is 7. The zero-order chi connectivity index (χ0) is 13.6. The molecule has 0 amide bonds. The van der Waals surface area contributed by atoms with Crippen molar-refractivity contribution in [1.29, 1.82) is 0 Å². The molecule has 0 saturated heterocycles. The van der Waals surface area contributed by atoms with Gasteiger partial charge in [0.2, 0.25) is 5.95 Å². The second kappa shape index (κ2) is 6.36. The van der Waals surface area contributed by atoms with E-state index in [0.717, 1.165) is 19.4 Å². The van der Waals surface area contributed by atoms with Crippen LogP contribution in [0.25, 0.3) is 0 Å². The van der Waals surface area contributed by atoms with Crippen LogP contribution in [0, 0.1) is 5.41 Å². The van der Waals surface area contributed by atoms with Gasteiger partial charge in [0.1, 0.15) is 11.6 Å². The van der Waals surface area contributed by atoms with Gasteiger partial charge >= 0.3 is 0 Å². The van der Waals surface area contributed by atoms with E-state index in [9.17, 15) is 0 Å². The van der Waals surface area contributed by atoms with E-state index in [0.29, 0.717) is 11.6 Å². The second-order valence-electron chi connectivity index (χ2n) is 4.99. The minimum atomic E-state index is 0.0682. The summed E-state index contributed by atoms with van der Waals surface area (Å²) in [6, 6.07) is 1.69. The fourth-order valence-electron chi connectivity index (χ4n) is 1.61. The summed E-state index contributed by atoms with van der Waals surface area (Å²) < 4.78 is 0. The van der Waals surface area contributed by atoms with E-state index in [1.165, 1.54) is 0 Å². The first-order valence-corrected chi connectivity index (χ1v) is 5.93. The Morgan fingerprint density at radius 1 is 1.33 bits per heavy atom. The van der Waals surface area contributed by atoms with E-state index in [2.05, 4.69) is 34.6 Å². The fraction of sp³-hybridized carbons (Fsp3) is 0.636. The topological polar surface area (TPSA) is 122 Å². The van der Waals surface area contributed by atoms with Crippen molar-refractivity contribution in [3.8, 4) is 0 Å². The monoisotopic (exact) mass is 254 g/mol. The van der Waals surface area contributed by atoms with Crippen LogP contribution in [-0.2, 0) is 0 Å². The standard InChI is InChI=1S/C11H22N6O/c1-11(2,4-3-5-18)7-14-8-6-9(17-13)16-10(12)15-8/h6,18H,3-5,7,13H2,1-2H3,(H4,12,14,15,16,17). The smallest absolute Gasteiger partial charge is 0.223 e. The van der Waals surface area contributed by atoms with Gasteiger partial charge in [-0.2, -0.15) is 9.97 Å². The molecule has 0 spiro atoms. The predicted octanol–water partition coefficient (Wildman–Crippen LogP) is 0.555. The summed E-state index contributed by atoms with van der Waals surface area (Å²) in [5, 5.41) is 12.0. The maximum Gasteiger partial charge on any atom is 0.223 e. The van der Waals surface area contributed by atoms with Crippen LogP contribution in [-0.4, -0.2) is 28.2 Å². The Morgan fingerprint density at radius 3 is 2.61 bits per heavy atom. The molecule has 0 atom stereocenters. The molecule has 1 aromatic heterocycles. The number of aliphatic hydroxyl groups is 1. The summed E-state index contributed by atoms with van der Waals surface area (Å²) >= 11 is 0. The van der Waals surface area contributed by atoms with Crippen LogP contribution < -0.4 is 22.3 Å². The van der Waals surface area contributed by atoms with Gasteiger partial charge in [-0.3, -0.25) is 0 Å². The lowest BCUT2D eigenvalue weighted by atomic mass is 9.88. The minimum Gasteiger partial charge on any atom is -0.396 e. The molecule has 0 aliphatic heterocycles. The van der Waals surface area contributed by atoms with Crippen molar-refractivity contribution in [1.82, 2.24) is 9.97 Å². The molecule has 0 aliphatic rings. The van der Waals surface area contributed by atoms with Gasteiger partial charge < -0.3 is 21.6 Å². The fourth-order valence-corrected chi connectivity index (χ4v) is 1.61. The van der Waals surface area contributed by atoms with Crippen molar-refractivity contribution >= 4 is 17.6 Å². The van der Waals surface area contributed by atoms with Crippen LogP contribution in [0.3, 0.4) is 0 Å². The first-order valence-electron chi connectivity index (χ1n) is 5.93. The van der Waals surface area contributed by atoms with Crippen LogP contribution in [0.2, 0.25) is 0 Å². The van der Waals surface area contributed by atoms with E-state index in [4.69, 9.17) is 16.7 Å². The first-order chi connectivity index (χ1) is 8.46. The number of nitrogens with zero attached hydrogens (tertiary/aromatic N) is 2. The number of nitrogen functional groups attached to an aromatic ring is 2. The first kappa shape index (κ1) is 14.5. The van der Waals surface area contributed by atoms with Crippen molar-refractivity contribution in [2.24, 2.45) is 11.3 Å². The summed E-state index contributed by atoms with van der Waals surface area (Å²) in [6.45, 7) is 5.20. The summed E-state index contributed by atoms with van der Waals surface area (Å²) in [5.41, 5.74) is 8.07. The van der Waals surface area contributed by atoms with Crippen LogP contribution in [0.15, 0.2) is 6.07 Å². The van der Waals surface area contributed by atoms with Crippen molar-refractivity contribution in [3.63, 3.8) is 0 Å². The Morgan fingerprint density at radius 2 is 2.00 bits per heavy atom. The van der Waals surface area contributed by atoms with Gasteiger partial charge in [-0.05, 0) is 18.3 Å². The van der Waals surface area contributed by atoms with E-state index < -0.39 is 0 Å². The van der Waals surface area contributed by atoms with Crippen LogP contribution in [0.4, 0.5) is 17.6 Å². The minimum absolute atomic E-state index is 0.0682. The summed E-state index contributed by atoms with van der Waals surface area (Å²) in [6.07, 6.45) is 1.72. The lowest BCUT2D eigenvalue weighted by molar-refractivity contribution is 0.248. The Labute approximate surface area is 107 Å². The molecule has 7 nitrogen and oxygen atoms in total. The number of aromatic nitrogens is 2. The van der Waals surface area contributed by atoms with E-state index in [1.807, 2.05) is 0 Å². The highest BCUT2D eigenvalue weighted by Gasteiger charge is 2.17. The normalized spacial score (nSPS) is 11.3. The molecule has 0 aliphatic carbocycles. The van der Waals surface area contributed by atoms with Gasteiger partial charge in [-0.25, -0.2) is 5.84 Å². The highest BCUT2D eigenvalue weighted by Crippen LogP contribution is 2.23. The predicted molar refractivity (Wildman–Crippen MR) is 72.8 cm³/mol. The van der Waals surface area contributed by atoms with E-state index in [-0.39, 0.29) is 18.0 Å². The lowest BCUT2D eigenvalue weighted by Crippen LogP contribution is -2.24. The second-order valence-corrected chi connectivity index (χ2v) is 4.99. The molecule has 7 N–H and O–H groups in total. The van der Waals surface area contributed by atoms with Gasteiger partial charge in [-0.15, -0.1) is 0 Å². The highest BCUT2D eigenvalue weighted by atomic mass is 16.2. The van der Waals surface area contributed by atoms with E-state index >= 15 is 0 Å². The molecule has 1 aromatic rings. The number of hydrogen-bond acceptors (Lipinski definition) is 7. The molecule has 102 valence electrons. The van der Waals surface area contributed by atoms with Crippen LogP contribution in [0.1, 0.15) is 26.7 Å². The molecule has 7 heteroatoms. The Bertz CT molecular complexity index is 382. The molecule has 0 fully saturated rings. The van der Waals surface area contributed by atoms with Crippen molar-refractivity contribution < 1.29 is 5.11 Å². The number of anilines is 3. The van der Waals surface area contributed by atoms with Crippen molar-refractivity contribution in [2.75, 3.05) is 29.6 Å². The number of nitrogens with two attached hydrogens (primary N) is 2. The molecule has 0 bridgehead atoms. The third kappa shape index (κ3) is 4.72. The average Bonchev–Trinajstić information content (AvgIpc) is 2.33. The molecule has 1 rings (SSSR count). The van der Waals surface area contributed by atoms with Crippen molar-refractivity contribution in [2.45, 2.75) is 26.7 Å². The van der Waals surface area contributed by atoms with Gasteiger partial charge in [0.25, 0.3) is 0 Å². The maximum atomic E-state index is 8.84. The van der Waals surface area contributed by atoms with Gasteiger partial charge in [-0.1, -0.05) is 13.8 Å². The summed E-state index contributed by atoms with van der Waals surface area (Å²) in [4.78, 5) is 7.98. The number of nitrogens with one attached hydrogen (secondary N) is 2. The van der Waals surface area contributed by atoms with E-state index in [1.54, 1.807) is 6.07 Å². The molecule has 0 radical (unpaired) electrons. The van der Waals surface area contributed by atoms with Gasteiger partial charge in [0.15, 0.2) is 0 Å². The summed E-state index contributed by atoms with van der Waals surface area (Å²) in [5.74, 6) is 6.55. The quantitative estimate of drug-likeness (QED) is 0.356. The number of hydrogen-bond donors (Lipinski definition) is 5. The third-order valence-corrected chi connectivity index (χ3v) is 2.65. The zero-order valence-electron chi connectivity index (χ0n) is 10.9. The largest absolute Gasteiger partial charge is 0.396 e. The SMILES string of the molecule is CC(C)(CCCO)CNc1cc(NN)nc(N)n1. The Kier molecular flexibility index (Phi) is 5.11. The molecule has 0 aromatic carbocycles.